The fraction of sp³-hybridized carbons (Fsp3) is 0.708. The number of hydrogen-bond donors (Lipinski definition) is 11. The van der Waals surface area contributed by atoms with E-state index < -0.39 is 36.0 Å². The van der Waals surface area contributed by atoms with Gasteiger partial charge in [0.2, 0.25) is 35.4 Å². The lowest BCUT2D eigenvalue weighted by Crippen LogP contribution is -2.63. The van der Waals surface area contributed by atoms with Crippen LogP contribution in [0.2, 0.25) is 0 Å². The lowest BCUT2D eigenvalue weighted by Gasteiger charge is -2.46. The summed E-state index contributed by atoms with van der Waals surface area (Å²) in [6.07, 6.45) is 0.650. The van der Waals surface area contributed by atoms with E-state index in [9.17, 15) is 58.8 Å². The Kier molecular flexibility index (Phi) is 19.9. The van der Waals surface area contributed by atoms with E-state index in [1.807, 2.05) is 37.7 Å². The Morgan fingerprint density at radius 3 is 1.29 bits per heavy atom. The third-order valence-corrected chi connectivity index (χ3v) is 18.3. The molecule has 6 fully saturated rings. The number of nitrogens with one attached hydrogen (secondary N) is 2. The summed E-state index contributed by atoms with van der Waals surface area (Å²) in [7, 11) is 3.75. The van der Waals surface area contributed by atoms with Crippen molar-refractivity contribution in [3.63, 3.8) is 0 Å². The van der Waals surface area contributed by atoms with Crippen molar-refractivity contribution >= 4 is 82.8 Å². The minimum absolute atomic E-state index is 0.000632. The van der Waals surface area contributed by atoms with E-state index in [1.165, 1.54) is 33.3 Å². The number of aliphatic hydroxyl groups excluding tert-OH is 3. The number of carboxylic acids is 2. The number of likely N-dealkylation sites (N-methyl/N-ethyl adjacent to an activating group) is 2. The molecule has 6 saturated heterocycles. The van der Waals surface area contributed by atoms with Crippen LogP contribution in [0.3, 0.4) is 0 Å². The Labute approximate surface area is 455 Å². The second-order valence-electron chi connectivity index (χ2n) is 20.9. The molecule has 0 aromatic carbocycles. The Morgan fingerprint density at radius 2 is 0.987 bits per heavy atom. The zero-order valence-corrected chi connectivity index (χ0v) is 46.1. The first-order valence-electron chi connectivity index (χ1n) is 25.8. The van der Waals surface area contributed by atoms with Crippen LogP contribution in [0, 0.1) is 23.7 Å². The lowest BCUT2D eigenvalue weighted by molar-refractivity contribution is -0.163. The molecule has 14 atom stereocenters. The van der Waals surface area contributed by atoms with Gasteiger partial charge in [-0.2, -0.15) is 0 Å². The van der Waals surface area contributed by atoms with Gasteiger partial charge in [0.1, 0.15) is 24.5 Å². The molecule has 8 aliphatic heterocycles. The van der Waals surface area contributed by atoms with E-state index >= 15 is 0 Å². The van der Waals surface area contributed by atoms with Crippen LogP contribution in [0.5, 0.6) is 0 Å². The van der Waals surface area contributed by atoms with Gasteiger partial charge in [0, 0.05) is 90.1 Å². The number of likely N-dealkylation sites (tertiary alicyclic amines) is 4. The molecule has 0 saturated carbocycles. The van der Waals surface area contributed by atoms with Crippen LogP contribution in [-0.4, -0.2) is 246 Å². The van der Waals surface area contributed by atoms with E-state index in [2.05, 4.69) is 20.6 Å². The molecule has 0 aromatic rings. The van der Waals surface area contributed by atoms with Gasteiger partial charge in [0.05, 0.1) is 48.2 Å². The topological polar surface area (TPSA) is 410 Å². The molecule has 29 heteroatoms. The van der Waals surface area contributed by atoms with Crippen LogP contribution < -0.4 is 33.6 Å². The highest BCUT2D eigenvalue weighted by atomic mass is 32.2. The molecule has 0 aliphatic carbocycles. The average Bonchev–Trinajstić information content (AvgIpc) is 4.21. The number of aliphatic carboxylic acids is 2. The van der Waals surface area contributed by atoms with Gasteiger partial charge in [0.15, 0.2) is 11.9 Å². The molecule has 0 spiro atoms. The van der Waals surface area contributed by atoms with Crippen molar-refractivity contribution < 1.29 is 63.9 Å². The highest BCUT2D eigenvalue weighted by molar-refractivity contribution is 8.04. The monoisotopic (exact) mass is 1120 g/mol. The number of β-lactam (4-membered cyclic amide) rings is 2. The lowest BCUT2D eigenvalue weighted by atomic mass is 9.79. The van der Waals surface area contributed by atoms with Gasteiger partial charge >= 0.3 is 11.9 Å². The summed E-state index contributed by atoms with van der Waals surface area (Å²) in [5.74, 6) is -5.64. The van der Waals surface area contributed by atoms with Gasteiger partial charge in [0.25, 0.3) is 0 Å². The Hall–Kier alpha value is -5.72. The number of carboxylic acid groups (broad SMARTS) is 2. The molecule has 8 aliphatic rings. The molecular formula is C48H76N14O13S2. The third-order valence-electron chi connectivity index (χ3n) is 15.3. The van der Waals surface area contributed by atoms with Crippen LogP contribution in [0.4, 0.5) is 0 Å². The van der Waals surface area contributed by atoms with Crippen LogP contribution in [-0.2, 0) is 38.4 Å². The summed E-state index contributed by atoms with van der Waals surface area (Å²) in [5.41, 5.74) is 21.0. The van der Waals surface area contributed by atoms with Crippen molar-refractivity contribution in [1.82, 2.24) is 40.0 Å². The van der Waals surface area contributed by atoms with Gasteiger partial charge in [-0.05, 0) is 60.5 Å². The Balaban J connectivity index is 0.000000237. The van der Waals surface area contributed by atoms with Crippen molar-refractivity contribution in [2.75, 3.05) is 73.1 Å². The van der Waals surface area contributed by atoms with Crippen LogP contribution >= 0.6 is 23.5 Å². The molecule has 8 rings (SSSR count). The zero-order valence-electron chi connectivity index (χ0n) is 44.5. The third kappa shape index (κ3) is 13.1. The van der Waals surface area contributed by atoms with Gasteiger partial charge in [-0.25, -0.2) is 19.6 Å². The number of hydrogen-bond acceptors (Lipinski definition) is 17. The Morgan fingerprint density at radius 1 is 0.649 bits per heavy atom. The number of nitrogens with two attached hydrogens (primary N) is 4. The molecule has 428 valence electrons. The predicted molar refractivity (Wildman–Crippen MR) is 284 cm³/mol. The van der Waals surface area contributed by atoms with Crippen LogP contribution in [0.25, 0.3) is 0 Å². The summed E-state index contributed by atoms with van der Waals surface area (Å²) < 4.78 is 0. The van der Waals surface area contributed by atoms with Crippen molar-refractivity contribution in [1.29, 1.82) is 0 Å². The van der Waals surface area contributed by atoms with Crippen molar-refractivity contribution in [3.8, 4) is 0 Å². The molecule has 0 bridgehead atoms. The zero-order chi connectivity index (χ0) is 57.1. The van der Waals surface area contributed by atoms with Crippen molar-refractivity contribution in [2.45, 2.75) is 119 Å². The highest BCUT2D eigenvalue weighted by Gasteiger charge is 2.62. The molecule has 6 amide bonds. The summed E-state index contributed by atoms with van der Waals surface area (Å²) in [5, 5.41) is 53.1. The van der Waals surface area contributed by atoms with Gasteiger partial charge in [-0.15, -0.1) is 23.5 Å². The highest BCUT2D eigenvalue weighted by Crippen LogP contribution is 2.54. The quantitative estimate of drug-likeness (QED) is 0.0397. The minimum atomic E-state index is -1.15. The van der Waals surface area contributed by atoms with Crippen LogP contribution in [0.1, 0.15) is 60.3 Å². The second kappa shape index (κ2) is 25.4. The molecular weight excluding hydrogens is 1040 g/mol. The maximum absolute atomic E-state index is 13.3. The molecule has 8 heterocycles. The maximum Gasteiger partial charge on any atom is 0.353 e. The van der Waals surface area contributed by atoms with Gasteiger partial charge in [-0.1, -0.05) is 13.8 Å². The average molecular weight is 1120 g/mol. The number of guanidine groups is 2. The standard InChI is InChI=1S/2C23H35N7O6S.C2H6O/c2*1-10-17-16(11(2)31)21(34)30(17)18(22(35)36)19(10)37-13-6-14(28(3)9-13)20(33)29-5-4-12(8-29)27-15(32)7-26-23(24)25;1-2-3/h2*10-14,16-17,31H,4-9H2,1-3H3,(H,27,32)(H,35,36)(H4,24,25,26);3H,2H2,1H3/t2*10-,11-,12+,13+,14+,16?,17-;/m11./s1. The van der Waals surface area contributed by atoms with Gasteiger partial charge < -0.3 is 78.7 Å². The molecule has 0 aromatic heterocycles. The predicted octanol–water partition coefficient (Wildman–Crippen LogP) is -4.13. The number of aliphatic hydroxyl groups is 3. The summed E-state index contributed by atoms with van der Waals surface area (Å²) in [6, 6.07) is -1.78. The first kappa shape index (κ1) is 60.5. The first-order chi connectivity index (χ1) is 36.2. The van der Waals surface area contributed by atoms with Crippen molar-refractivity contribution in [3.05, 3.63) is 21.2 Å². The van der Waals surface area contributed by atoms with E-state index in [0.717, 1.165) is 0 Å². The number of amides is 6. The summed E-state index contributed by atoms with van der Waals surface area (Å²) >= 11 is 2.86. The van der Waals surface area contributed by atoms with Gasteiger partial charge in [-0.3, -0.25) is 38.6 Å². The second-order valence-corrected chi connectivity index (χ2v) is 23.6. The summed E-state index contributed by atoms with van der Waals surface area (Å²) in [4.78, 5) is 119. The number of fused-ring (bicyclic) bond motifs is 2. The number of aliphatic imine (C=N–C) groups is 2. The summed E-state index contributed by atoms with van der Waals surface area (Å²) in [6.45, 7) is 11.5. The number of carbonyl (C=O) groups is 8. The molecule has 77 heavy (non-hydrogen) atoms. The largest absolute Gasteiger partial charge is 0.477 e. The SMILES string of the molecule is CCO.C[C@@H](O)C1C(=O)N2C(C(=O)O)=C(S[C@H]3C[C@@H](C(=O)N4CC[C@H](NC(=O)CN=C(N)N)C4)N(C)C3)[C@H](C)[C@H]12.C[C@@H](O)C1C(=O)N2C(C(=O)O)=C(S[C@H]3C[C@@H](C(=O)N4CC[C@H](NC(=O)CN=C(N)N)C4)N(C)C3)[C@H](C)[C@H]12. The van der Waals surface area contributed by atoms with Crippen molar-refractivity contribution in [2.24, 2.45) is 56.6 Å². The molecule has 27 nitrogen and oxygen atoms in total. The van der Waals surface area contributed by atoms with Crippen LogP contribution in [0.15, 0.2) is 31.2 Å². The maximum atomic E-state index is 13.3. The number of nitrogens with zero attached hydrogens (tertiary/aromatic N) is 8. The van der Waals surface area contributed by atoms with E-state index in [1.54, 1.807) is 30.6 Å². The minimum Gasteiger partial charge on any atom is -0.477 e. The first-order valence-corrected chi connectivity index (χ1v) is 27.6. The van der Waals surface area contributed by atoms with E-state index in [-0.39, 0.29) is 137 Å². The Bertz CT molecular complexity index is 2270. The number of thioether (sulfide) groups is 2. The molecule has 15 N–H and O–H groups in total. The molecule has 0 radical (unpaired) electrons. The number of rotatable bonds is 16. The number of carbonyl (C=O) groups excluding carboxylic acids is 6. The fourth-order valence-electron chi connectivity index (χ4n) is 11.8. The fourth-order valence-corrected chi connectivity index (χ4v) is 15.0. The normalized spacial score (nSPS) is 31.2. The van der Waals surface area contributed by atoms with E-state index in [4.69, 9.17) is 28.0 Å². The molecule has 2 unspecified atom stereocenters. The smallest absolute Gasteiger partial charge is 0.353 e. The van der Waals surface area contributed by atoms with E-state index in [0.29, 0.717) is 74.8 Å².